The number of aromatic nitrogens is 1. The van der Waals surface area contributed by atoms with E-state index in [0.717, 1.165) is 16.6 Å². The maximum atomic E-state index is 13.8. The van der Waals surface area contributed by atoms with Gasteiger partial charge in [0.05, 0.1) is 10.2 Å². The Hall–Kier alpha value is -2.92. The van der Waals surface area contributed by atoms with Crippen molar-refractivity contribution in [3.63, 3.8) is 0 Å². The Kier molecular flexibility index (Phi) is 5.03. The molecule has 0 bridgehead atoms. The lowest BCUT2D eigenvalue weighted by Gasteiger charge is -2.11. The van der Waals surface area contributed by atoms with E-state index in [0.29, 0.717) is 17.8 Å². The van der Waals surface area contributed by atoms with Crippen LogP contribution in [0.1, 0.15) is 21.6 Å². The summed E-state index contributed by atoms with van der Waals surface area (Å²) in [5.74, 6) is -0.493. The summed E-state index contributed by atoms with van der Waals surface area (Å²) < 4.78 is 16.9. The zero-order valence-electron chi connectivity index (χ0n) is 14.7. The first kappa shape index (κ1) is 17.5. The lowest BCUT2D eigenvalue weighted by molar-refractivity contribution is 0.0941. The molecule has 2 aromatic carbocycles. The summed E-state index contributed by atoms with van der Waals surface area (Å²) in [5, 5.41) is 4.88. The number of carbonyl (C=O) groups excluding carboxylic acids is 1. The normalized spacial score (nSPS) is 11.0. The van der Waals surface area contributed by atoms with Gasteiger partial charge in [-0.15, -0.1) is 11.3 Å². The predicted octanol–water partition coefficient (Wildman–Crippen LogP) is 5.01. The summed E-state index contributed by atoms with van der Waals surface area (Å²) in [6, 6.07) is 20.7. The number of benzene rings is 2. The molecule has 0 spiro atoms. The van der Waals surface area contributed by atoms with Crippen molar-refractivity contribution in [2.45, 2.75) is 19.5 Å². The first-order valence-electron chi connectivity index (χ1n) is 8.84. The van der Waals surface area contributed by atoms with Crippen LogP contribution in [0, 0.1) is 5.82 Å². The molecular formula is C22H19FN2OS. The van der Waals surface area contributed by atoms with Gasteiger partial charge in [0.1, 0.15) is 11.5 Å². The third kappa shape index (κ3) is 3.78. The molecule has 0 aliphatic heterocycles. The Balaban J connectivity index is 1.54. The molecule has 5 heteroatoms. The van der Waals surface area contributed by atoms with Crippen molar-refractivity contribution in [1.29, 1.82) is 0 Å². The Labute approximate surface area is 161 Å². The molecule has 4 rings (SSSR count). The summed E-state index contributed by atoms with van der Waals surface area (Å²) in [6.07, 6.45) is 0.841. The van der Waals surface area contributed by atoms with Crippen LogP contribution in [-0.4, -0.2) is 10.5 Å². The molecule has 1 N–H and O–H groups in total. The molecule has 0 saturated heterocycles. The van der Waals surface area contributed by atoms with Crippen molar-refractivity contribution >= 4 is 27.5 Å². The molecule has 0 radical (unpaired) electrons. The lowest BCUT2D eigenvalue weighted by Crippen LogP contribution is -2.26. The van der Waals surface area contributed by atoms with Gasteiger partial charge in [-0.25, -0.2) is 4.39 Å². The first-order valence-corrected chi connectivity index (χ1v) is 9.72. The number of hydrogen-bond donors (Lipinski definition) is 1. The van der Waals surface area contributed by atoms with E-state index in [-0.39, 0.29) is 18.3 Å². The van der Waals surface area contributed by atoms with E-state index in [1.54, 1.807) is 29.5 Å². The number of nitrogens with one attached hydrogen (secondary N) is 1. The molecule has 0 aliphatic rings. The van der Waals surface area contributed by atoms with Crippen molar-refractivity contribution in [2.75, 3.05) is 0 Å². The molecule has 2 heterocycles. The summed E-state index contributed by atoms with van der Waals surface area (Å²) in [6.45, 7) is 0.885. The van der Waals surface area contributed by atoms with Crippen LogP contribution in [0.25, 0.3) is 10.2 Å². The number of halogens is 1. The molecule has 0 saturated carbocycles. The molecule has 27 heavy (non-hydrogen) atoms. The van der Waals surface area contributed by atoms with E-state index >= 15 is 0 Å². The van der Waals surface area contributed by atoms with Crippen molar-refractivity contribution in [3.05, 3.63) is 94.7 Å². The van der Waals surface area contributed by atoms with Crippen LogP contribution in [0.2, 0.25) is 0 Å². The van der Waals surface area contributed by atoms with E-state index in [4.69, 9.17) is 0 Å². The van der Waals surface area contributed by atoms with Crippen molar-refractivity contribution in [3.8, 4) is 0 Å². The third-order valence-corrected chi connectivity index (χ3v) is 5.47. The number of aryl methyl sites for hydroxylation is 2. The minimum absolute atomic E-state index is 0.170. The van der Waals surface area contributed by atoms with E-state index < -0.39 is 0 Å². The van der Waals surface area contributed by atoms with E-state index in [1.165, 1.54) is 11.6 Å². The number of amides is 1. The summed E-state index contributed by atoms with van der Waals surface area (Å²) >= 11 is 1.62. The number of thiophene rings is 1. The zero-order chi connectivity index (χ0) is 18.6. The number of nitrogens with zero attached hydrogens (tertiary/aromatic N) is 1. The SMILES string of the molecule is O=C(NCc1ccccc1F)c1cc2sccc2n1CCc1ccccc1. The maximum Gasteiger partial charge on any atom is 0.268 e. The fourth-order valence-electron chi connectivity index (χ4n) is 3.20. The highest BCUT2D eigenvalue weighted by molar-refractivity contribution is 7.17. The molecule has 4 aromatic rings. The highest BCUT2D eigenvalue weighted by atomic mass is 32.1. The van der Waals surface area contributed by atoms with E-state index in [2.05, 4.69) is 22.0 Å². The van der Waals surface area contributed by atoms with Gasteiger partial charge in [0.2, 0.25) is 0 Å². The van der Waals surface area contributed by atoms with Crippen molar-refractivity contribution in [1.82, 2.24) is 9.88 Å². The Morgan fingerprint density at radius 1 is 1.04 bits per heavy atom. The van der Waals surface area contributed by atoms with Crippen LogP contribution >= 0.6 is 11.3 Å². The van der Waals surface area contributed by atoms with Gasteiger partial charge in [-0.3, -0.25) is 4.79 Å². The lowest BCUT2D eigenvalue weighted by atomic mass is 10.1. The summed E-state index contributed by atoms with van der Waals surface area (Å²) in [5.41, 5.74) is 3.39. The number of rotatable bonds is 6. The van der Waals surface area contributed by atoms with E-state index in [1.807, 2.05) is 35.7 Å². The summed E-state index contributed by atoms with van der Waals surface area (Å²) in [4.78, 5) is 12.8. The van der Waals surface area contributed by atoms with Gasteiger partial charge in [-0.2, -0.15) is 0 Å². The highest BCUT2D eigenvalue weighted by Gasteiger charge is 2.16. The average Bonchev–Trinajstić information content (AvgIpc) is 3.28. The standard InChI is InChI=1S/C22H19FN2OS/c23-18-9-5-4-8-17(18)15-24-22(26)20-14-21-19(11-13-27-21)25(20)12-10-16-6-2-1-3-7-16/h1-9,11,13-14H,10,12,15H2,(H,24,26). The Morgan fingerprint density at radius 2 is 1.81 bits per heavy atom. The molecule has 0 fully saturated rings. The van der Waals surface area contributed by atoms with Gasteiger partial charge >= 0.3 is 0 Å². The van der Waals surface area contributed by atoms with Crippen molar-refractivity contribution in [2.24, 2.45) is 0 Å². The molecule has 1 amide bonds. The van der Waals surface area contributed by atoms with Gasteiger partial charge in [0.15, 0.2) is 0 Å². The van der Waals surface area contributed by atoms with Crippen LogP contribution < -0.4 is 5.32 Å². The maximum absolute atomic E-state index is 13.8. The first-order chi connectivity index (χ1) is 13.2. The molecule has 3 nitrogen and oxygen atoms in total. The smallest absolute Gasteiger partial charge is 0.268 e. The fourth-order valence-corrected chi connectivity index (χ4v) is 4.02. The molecule has 0 aliphatic carbocycles. The average molecular weight is 378 g/mol. The summed E-state index contributed by atoms with van der Waals surface area (Å²) in [7, 11) is 0. The molecule has 136 valence electrons. The van der Waals surface area contributed by atoms with Crippen LogP contribution in [0.5, 0.6) is 0 Å². The highest BCUT2D eigenvalue weighted by Crippen LogP contribution is 2.26. The zero-order valence-corrected chi connectivity index (χ0v) is 15.5. The van der Waals surface area contributed by atoms with Crippen molar-refractivity contribution < 1.29 is 9.18 Å². The molecular weight excluding hydrogens is 359 g/mol. The van der Waals surface area contributed by atoms with Crippen LogP contribution in [0.4, 0.5) is 4.39 Å². The number of carbonyl (C=O) groups is 1. The van der Waals surface area contributed by atoms with Crippen LogP contribution in [0.3, 0.4) is 0 Å². The predicted molar refractivity (Wildman–Crippen MR) is 108 cm³/mol. The van der Waals surface area contributed by atoms with Crippen LogP contribution in [0.15, 0.2) is 72.1 Å². The second-order valence-electron chi connectivity index (χ2n) is 6.36. The van der Waals surface area contributed by atoms with Gasteiger partial charge in [0, 0.05) is 18.7 Å². The molecule has 0 atom stereocenters. The second kappa shape index (κ2) is 7.76. The quantitative estimate of drug-likeness (QED) is 0.502. The molecule has 0 unspecified atom stereocenters. The van der Waals surface area contributed by atoms with Gasteiger partial charge in [-0.1, -0.05) is 48.5 Å². The monoisotopic (exact) mass is 378 g/mol. The minimum Gasteiger partial charge on any atom is -0.347 e. The van der Waals surface area contributed by atoms with E-state index in [9.17, 15) is 9.18 Å². The largest absolute Gasteiger partial charge is 0.347 e. The van der Waals surface area contributed by atoms with Gasteiger partial charge < -0.3 is 9.88 Å². The van der Waals surface area contributed by atoms with Crippen LogP contribution in [-0.2, 0) is 19.5 Å². The Morgan fingerprint density at radius 3 is 2.63 bits per heavy atom. The molecule has 2 aromatic heterocycles. The number of fused-ring (bicyclic) bond motifs is 1. The topological polar surface area (TPSA) is 34.0 Å². The second-order valence-corrected chi connectivity index (χ2v) is 7.31. The third-order valence-electron chi connectivity index (χ3n) is 4.62. The Bertz CT molecular complexity index is 1070. The fraction of sp³-hybridized carbons (Fsp3) is 0.136. The minimum atomic E-state index is -0.307. The van der Waals surface area contributed by atoms with Gasteiger partial charge in [0.25, 0.3) is 5.91 Å². The van der Waals surface area contributed by atoms with Gasteiger partial charge in [-0.05, 0) is 35.6 Å². The number of hydrogen-bond acceptors (Lipinski definition) is 2.